The Labute approximate surface area is 197 Å². The molecule has 0 bridgehead atoms. The van der Waals surface area contributed by atoms with Gasteiger partial charge in [-0.15, -0.1) is 0 Å². The standard InChI is InChI=1S/C24H23Cl2N3OS/c1-5-29-20-12-19(26)15(10-18(20)14(2)13-24(29,3)4)11-21-22(30)28-23(31-21)27-17-8-6-16(25)7-9-17/h6-13H,5H2,1-4H3,(H,27,28,30)/b21-11+. The van der Waals surface area contributed by atoms with Gasteiger partial charge in [-0.05, 0) is 93.1 Å². The number of aliphatic imine (C=N–C) groups is 1. The van der Waals surface area contributed by atoms with Crippen molar-refractivity contribution in [3.63, 3.8) is 0 Å². The van der Waals surface area contributed by atoms with Gasteiger partial charge in [-0.2, -0.15) is 0 Å². The van der Waals surface area contributed by atoms with E-state index in [-0.39, 0.29) is 11.4 Å². The number of likely N-dealkylation sites (N-methyl/N-ethyl adjacent to an activating group) is 1. The van der Waals surface area contributed by atoms with Gasteiger partial charge in [0.2, 0.25) is 0 Å². The first-order chi connectivity index (χ1) is 14.7. The molecule has 2 aromatic rings. The lowest BCUT2D eigenvalue weighted by Crippen LogP contribution is -2.44. The second-order valence-corrected chi connectivity index (χ2v) is 9.95. The smallest absolute Gasteiger partial charge is 0.264 e. The molecule has 1 saturated heterocycles. The number of nitrogens with zero attached hydrogens (tertiary/aromatic N) is 2. The number of amidine groups is 1. The number of benzene rings is 2. The van der Waals surface area contributed by atoms with Crippen LogP contribution in [0.4, 0.5) is 11.4 Å². The summed E-state index contributed by atoms with van der Waals surface area (Å²) in [6.07, 6.45) is 4.11. The van der Waals surface area contributed by atoms with Gasteiger partial charge in [-0.1, -0.05) is 29.3 Å². The Morgan fingerprint density at radius 1 is 1.19 bits per heavy atom. The summed E-state index contributed by atoms with van der Waals surface area (Å²) in [6.45, 7) is 9.54. The number of carbonyl (C=O) groups is 1. The second kappa shape index (κ2) is 8.38. The van der Waals surface area contributed by atoms with Crippen molar-refractivity contribution < 1.29 is 4.79 Å². The molecule has 1 N–H and O–H groups in total. The summed E-state index contributed by atoms with van der Waals surface area (Å²) in [5.74, 6) is -0.185. The number of hydrogen-bond acceptors (Lipinski definition) is 4. The highest BCUT2D eigenvalue weighted by Crippen LogP contribution is 2.42. The molecular weight excluding hydrogens is 449 g/mol. The fraction of sp³-hybridized carbons (Fsp3) is 0.250. The quantitative estimate of drug-likeness (QED) is 0.494. The second-order valence-electron chi connectivity index (χ2n) is 8.07. The van der Waals surface area contributed by atoms with Crippen LogP contribution in [0.3, 0.4) is 0 Å². The largest absolute Gasteiger partial charge is 0.363 e. The van der Waals surface area contributed by atoms with Crippen LogP contribution in [-0.2, 0) is 4.79 Å². The van der Waals surface area contributed by atoms with Crippen LogP contribution in [0.15, 0.2) is 52.4 Å². The lowest BCUT2D eigenvalue weighted by atomic mass is 9.88. The molecule has 0 unspecified atom stereocenters. The average Bonchev–Trinajstić information content (AvgIpc) is 3.03. The predicted octanol–water partition coefficient (Wildman–Crippen LogP) is 6.91. The van der Waals surface area contributed by atoms with Crippen LogP contribution in [0, 0.1) is 0 Å². The van der Waals surface area contributed by atoms with Gasteiger partial charge in [0, 0.05) is 27.8 Å². The van der Waals surface area contributed by atoms with Crippen molar-refractivity contribution in [1.29, 1.82) is 0 Å². The number of hydrogen-bond donors (Lipinski definition) is 1. The topological polar surface area (TPSA) is 44.7 Å². The van der Waals surface area contributed by atoms with E-state index in [1.54, 1.807) is 24.3 Å². The van der Waals surface area contributed by atoms with Gasteiger partial charge < -0.3 is 10.2 Å². The number of thioether (sulfide) groups is 1. The number of nitrogens with one attached hydrogen (secondary N) is 1. The summed E-state index contributed by atoms with van der Waals surface area (Å²) in [6, 6.07) is 11.2. The predicted molar refractivity (Wildman–Crippen MR) is 134 cm³/mol. The number of amides is 1. The molecule has 0 aromatic heterocycles. The average molecular weight is 472 g/mol. The zero-order valence-electron chi connectivity index (χ0n) is 17.8. The third-order valence-electron chi connectivity index (χ3n) is 5.41. The van der Waals surface area contributed by atoms with E-state index in [0.29, 0.717) is 20.1 Å². The van der Waals surface area contributed by atoms with Crippen molar-refractivity contribution in [2.45, 2.75) is 33.2 Å². The highest BCUT2D eigenvalue weighted by molar-refractivity contribution is 8.18. The number of carbonyl (C=O) groups excluding carboxylic acids is 1. The minimum absolute atomic E-state index is 0.0800. The van der Waals surface area contributed by atoms with Gasteiger partial charge in [0.15, 0.2) is 5.17 Å². The molecule has 160 valence electrons. The lowest BCUT2D eigenvalue weighted by molar-refractivity contribution is -0.115. The van der Waals surface area contributed by atoms with E-state index in [4.69, 9.17) is 23.2 Å². The fourth-order valence-corrected chi connectivity index (χ4v) is 5.23. The fourth-order valence-electron chi connectivity index (χ4n) is 4.06. The molecule has 31 heavy (non-hydrogen) atoms. The minimum Gasteiger partial charge on any atom is -0.363 e. The molecule has 1 amide bonds. The number of anilines is 1. The number of rotatable bonds is 3. The van der Waals surface area contributed by atoms with Crippen molar-refractivity contribution in [1.82, 2.24) is 5.32 Å². The van der Waals surface area contributed by atoms with Gasteiger partial charge in [-0.3, -0.25) is 4.79 Å². The van der Waals surface area contributed by atoms with Gasteiger partial charge >= 0.3 is 0 Å². The van der Waals surface area contributed by atoms with Crippen LogP contribution in [0.1, 0.15) is 38.8 Å². The molecule has 0 spiro atoms. The molecule has 0 radical (unpaired) electrons. The summed E-state index contributed by atoms with van der Waals surface area (Å²) in [7, 11) is 0. The normalized spacial score (nSPS) is 20.1. The first-order valence-corrected chi connectivity index (χ1v) is 11.6. The van der Waals surface area contributed by atoms with E-state index in [9.17, 15) is 4.79 Å². The number of allylic oxidation sites excluding steroid dienone is 1. The van der Waals surface area contributed by atoms with Gasteiger partial charge in [-0.25, -0.2) is 4.99 Å². The zero-order chi connectivity index (χ0) is 22.3. The van der Waals surface area contributed by atoms with Crippen molar-refractivity contribution in [2.24, 2.45) is 4.99 Å². The van der Waals surface area contributed by atoms with E-state index in [1.807, 2.05) is 12.1 Å². The molecule has 4 rings (SSSR count). The van der Waals surface area contributed by atoms with E-state index >= 15 is 0 Å². The summed E-state index contributed by atoms with van der Waals surface area (Å²) in [4.78, 5) is 19.9. The van der Waals surface area contributed by atoms with E-state index in [0.717, 1.165) is 29.0 Å². The molecular formula is C24H23Cl2N3OS. The Morgan fingerprint density at radius 3 is 2.58 bits per heavy atom. The van der Waals surface area contributed by atoms with Crippen LogP contribution in [0.5, 0.6) is 0 Å². The van der Waals surface area contributed by atoms with Gasteiger partial charge in [0.05, 0.1) is 16.1 Å². The first-order valence-electron chi connectivity index (χ1n) is 10.0. The maximum atomic E-state index is 12.5. The molecule has 0 saturated carbocycles. The van der Waals surface area contributed by atoms with Crippen molar-refractivity contribution in [3.05, 3.63) is 68.6 Å². The van der Waals surface area contributed by atoms with Gasteiger partial charge in [0.25, 0.3) is 5.91 Å². The first kappa shape index (κ1) is 22.0. The maximum Gasteiger partial charge on any atom is 0.264 e. The molecule has 2 aliphatic rings. The van der Waals surface area contributed by atoms with Crippen LogP contribution >= 0.6 is 35.0 Å². The highest BCUT2D eigenvalue weighted by atomic mass is 35.5. The summed E-state index contributed by atoms with van der Waals surface area (Å²) >= 11 is 13.9. The Hall–Kier alpha value is -2.21. The van der Waals surface area contributed by atoms with E-state index in [1.165, 1.54) is 17.3 Å². The molecule has 2 aliphatic heterocycles. The SMILES string of the molecule is CCN1c2cc(Cl)c(/C=C3/SC(=Nc4ccc(Cl)cc4)NC3=O)cc2C(C)=CC1(C)C. The Balaban J connectivity index is 1.67. The number of fused-ring (bicyclic) bond motifs is 1. The molecule has 1 fully saturated rings. The lowest BCUT2D eigenvalue weighted by Gasteiger charge is -2.43. The molecule has 2 heterocycles. The molecule has 2 aromatic carbocycles. The number of halogens is 2. The van der Waals surface area contributed by atoms with Crippen LogP contribution in [-0.4, -0.2) is 23.2 Å². The Morgan fingerprint density at radius 2 is 1.90 bits per heavy atom. The van der Waals surface area contributed by atoms with Gasteiger partial charge in [0.1, 0.15) is 0 Å². The van der Waals surface area contributed by atoms with Crippen molar-refractivity contribution >= 4 is 69.1 Å². The van der Waals surface area contributed by atoms with Crippen LogP contribution in [0.2, 0.25) is 10.0 Å². The minimum atomic E-state index is -0.185. The molecule has 4 nitrogen and oxygen atoms in total. The summed E-state index contributed by atoms with van der Waals surface area (Å²) < 4.78 is 0. The van der Waals surface area contributed by atoms with E-state index in [2.05, 4.69) is 55.0 Å². The molecule has 0 atom stereocenters. The zero-order valence-corrected chi connectivity index (χ0v) is 20.1. The monoisotopic (exact) mass is 471 g/mol. The third kappa shape index (κ3) is 4.40. The third-order valence-corrected chi connectivity index (χ3v) is 6.90. The molecule has 7 heteroatoms. The molecule has 0 aliphatic carbocycles. The van der Waals surface area contributed by atoms with Crippen molar-refractivity contribution in [3.8, 4) is 0 Å². The van der Waals surface area contributed by atoms with Crippen molar-refractivity contribution in [2.75, 3.05) is 11.4 Å². The van der Waals surface area contributed by atoms with Crippen LogP contribution < -0.4 is 10.2 Å². The Kier molecular flexibility index (Phi) is 5.95. The van der Waals surface area contributed by atoms with Crippen LogP contribution in [0.25, 0.3) is 11.6 Å². The summed E-state index contributed by atoms with van der Waals surface area (Å²) in [5.41, 5.74) is 4.92. The van der Waals surface area contributed by atoms with E-state index < -0.39 is 0 Å². The highest BCUT2D eigenvalue weighted by Gasteiger charge is 2.31. The maximum absolute atomic E-state index is 12.5. The summed E-state index contributed by atoms with van der Waals surface area (Å²) in [5, 5.41) is 4.61. The Bertz CT molecular complexity index is 1150.